The van der Waals surface area contributed by atoms with E-state index in [0.717, 1.165) is 45.0 Å². The Labute approximate surface area is 185 Å². The van der Waals surface area contributed by atoms with Crippen LogP contribution in [0.3, 0.4) is 0 Å². The highest BCUT2D eigenvalue weighted by molar-refractivity contribution is 5.84. The minimum Gasteiger partial charge on any atom is -0.444 e. The molecule has 170 valence electrons. The molecule has 0 spiro atoms. The highest BCUT2D eigenvalue weighted by Crippen LogP contribution is 2.13. The molecule has 0 fully saturated rings. The van der Waals surface area contributed by atoms with Gasteiger partial charge in [0.2, 0.25) is 0 Å². The molecule has 1 aromatic heterocycles. The zero-order valence-electron chi connectivity index (χ0n) is 19.4. The van der Waals surface area contributed by atoms with Gasteiger partial charge in [0.15, 0.2) is 5.96 Å². The molecular weight excluding hydrogens is 392 g/mol. The van der Waals surface area contributed by atoms with Crippen LogP contribution in [0.25, 0.3) is 0 Å². The number of ether oxygens (including phenoxy) is 1. The van der Waals surface area contributed by atoms with Crippen LogP contribution in [0.4, 0.5) is 10.5 Å². The van der Waals surface area contributed by atoms with Crippen LogP contribution >= 0.6 is 0 Å². The van der Waals surface area contributed by atoms with Crippen LogP contribution < -0.4 is 16.0 Å². The number of aliphatic imine (C=N–C) groups is 1. The molecule has 3 N–H and O–H groups in total. The van der Waals surface area contributed by atoms with Crippen molar-refractivity contribution < 1.29 is 9.53 Å². The lowest BCUT2D eigenvalue weighted by atomic mass is 10.1. The summed E-state index contributed by atoms with van der Waals surface area (Å²) in [5.74, 6) is 0.822. The molecule has 0 saturated carbocycles. The Morgan fingerprint density at radius 1 is 1.19 bits per heavy atom. The summed E-state index contributed by atoms with van der Waals surface area (Å²) in [5.41, 5.74) is 2.55. The first-order valence-electron chi connectivity index (χ1n) is 10.9. The van der Waals surface area contributed by atoms with Gasteiger partial charge in [-0.3, -0.25) is 15.0 Å². The molecular formula is C23H36N6O2. The normalized spacial score (nSPS) is 11.8. The zero-order chi connectivity index (χ0) is 22.7. The van der Waals surface area contributed by atoms with Crippen molar-refractivity contribution in [3.63, 3.8) is 0 Å². The fraction of sp³-hybridized carbons (Fsp3) is 0.522. The molecule has 0 radical (unpaired) electrons. The molecule has 0 atom stereocenters. The molecule has 0 unspecified atom stereocenters. The van der Waals surface area contributed by atoms with Crippen LogP contribution in [0.2, 0.25) is 0 Å². The summed E-state index contributed by atoms with van der Waals surface area (Å²) in [6, 6.07) is 7.78. The van der Waals surface area contributed by atoms with E-state index in [2.05, 4.69) is 33.0 Å². The first kappa shape index (κ1) is 24.2. The summed E-state index contributed by atoms with van der Waals surface area (Å²) in [5, 5.41) is 13.7. The molecule has 8 nitrogen and oxygen atoms in total. The monoisotopic (exact) mass is 428 g/mol. The minimum atomic E-state index is -0.514. The second-order valence-electron chi connectivity index (χ2n) is 8.40. The van der Waals surface area contributed by atoms with Gasteiger partial charge < -0.3 is 15.4 Å². The number of benzene rings is 1. The van der Waals surface area contributed by atoms with E-state index in [1.54, 1.807) is 0 Å². The van der Waals surface area contributed by atoms with E-state index in [-0.39, 0.29) is 0 Å². The highest BCUT2D eigenvalue weighted by atomic mass is 16.6. The molecule has 0 aliphatic heterocycles. The lowest BCUT2D eigenvalue weighted by Gasteiger charge is -2.19. The number of carbonyl (C=O) groups excluding carboxylic acids is 1. The van der Waals surface area contributed by atoms with Gasteiger partial charge in [-0.05, 0) is 70.7 Å². The van der Waals surface area contributed by atoms with E-state index < -0.39 is 11.7 Å². The second kappa shape index (κ2) is 12.0. The molecule has 0 bridgehead atoms. The third-order valence-corrected chi connectivity index (χ3v) is 4.23. The number of hydrogen-bond donors (Lipinski definition) is 3. The maximum atomic E-state index is 11.8. The van der Waals surface area contributed by atoms with Gasteiger partial charge in [-0.1, -0.05) is 12.1 Å². The van der Waals surface area contributed by atoms with E-state index in [0.29, 0.717) is 5.69 Å². The van der Waals surface area contributed by atoms with Crippen molar-refractivity contribution in [1.29, 1.82) is 0 Å². The molecule has 0 saturated heterocycles. The van der Waals surface area contributed by atoms with Gasteiger partial charge in [-0.25, -0.2) is 4.79 Å². The number of nitrogens with one attached hydrogen (secondary N) is 3. The summed E-state index contributed by atoms with van der Waals surface area (Å²) in [4.78, 5) is 16.5. The standard InChI is InChI=1S/C23H36N6O2/c1-6-24-21(25-13-7-15-29-17-18(2)16-27-29)26-14-12-19-8-10-20(11-9-19)28-22(30)31-23(3,4)5/h8-11,16-17H,6-7,12-15H2,1-5H3,(H,28,30)(H2,24,25,26). The Kier molecular flexibility index (Phi) is 9.37. The molecule has 1 heterocycles. The Hall–Kier alpha value is -3.03. The molecule has 8 heteroatoms. The highest BCUT2D eigenvalue weighted by Gasteiger charge is 2.16. The van der Waals surface area contributed by atoms with Crippen molar-refractivity contribution >= 4 is 17.7 Å². The smallest absolute Gasteiger partial charge is 0.412 e. The van der Waals surface area contributed by atoms with E-state index in [1.165, 1.54) is 11.1 Å². The van der Waals surface area contributed by atoms with E-state index in [9.17, 15) is 4.79 Å². The second-order valence-corrected chi connectivity index (χ2v) is 8.40. The van der Waals surface area contributed by atoms with Crippen molar-refractivity contribution in [2.45, 2.75) is 59.6 Å². The van der Waals surface area contributed by atoms with Gasteiger partial charge in [0, 0.05) is 38.1 Å². The third kappa shape index (κ3) is 10.0. The van der Waals surface area contributed by atoms with Gasteiger partial charge in [0.1, 0.15) is 5.60 Å². The van der Waals surface area contributed by atoms with Crippen molar-refractivity contribution in [2.75, 3.05) is 25.0 Å². The fourth-order valence-electron chi connectivity index (χ4n) is 2.86. The fourth-order valence-corrected chi connectivity index (χ4v) is 2.86. The molecule has 2 rings (SSSR count). The van der Waals surface area contributed by atoms with Crippen LogP contribution in [-0.2, 0) is 17.7 Å². The number of rotatable bonds is 9. The van der Waals surface area contributed by atoms with Crippen molar-refractivity contribution in [1.82, 2.24) is 20.4 Å². The van der Waals surface area contributed by atoms with Gasteiger partial charge in [-0.15, -0.1) is 0 Å². The molecule has 0 aliphatic rings. The topological polar surface area (TPSA) is 92.6 Å². The Balaban J connectivity index is 1.73. The first-order chi connectivity index (χ1) is 14.7. The number of anilines is 1. The third-order valence-electron chi connectivity index (χ3n) is 4.23. The van der Waals surface area contributed by atoms with Gasteiger partial charge in [0.05, 0.1) is 6.20 Å². The molecule has 0 aliphatic carbocycles. The maximum Gasteiger partial charge on any atom is 0.412 e. The number of aryl methyl sites for hydroxylation is 2. The summed E-state index contributed by atoms with van der Waals surface area (Å²) in [6.45, 7) is 12.8. The number of guanidine groups is 1. The van der Waals surface area contributed by atoms with Crippen LogP contribution in [-0.4, -0.2) is 47.1 Å². The molecule has 2 aromatic rings. The van der Waals surface area contributed by atoms with Crippen LogP contribution in [0.15, 0.2) is 41.7 Å². The molecule has 31 heavy (non-hydrogen) atoms. The zero-order valence-corrected chi connectivity index (χ0v) is 19.4. The van der Waals surface area contributed by atoms with Gasteiger partial charge in [-0.2, -0.15) is 5.10 Å². The van der Waals surface area contributed by atoms with Crippen molar-refractivity contribution in [3.8, 4) is 0 Å². The van der Waals surface area contributed by atoms with Crippen LogP contribution in [0, 0.1) is 6.92 Å². The quantitative estimate of drug-likeness (QED) is 0.322. The largest absolute Gasteiger partial charge is 0.444 e. The van der Waals surface area contributed by atoms with Gasteiger partial charge in [0.25, 0.3) is 0 Å². The summed E-state index contributed by atoms with van der Waals surface area (Å²) in [7, 11) is 0. The van der Waals surface area contributed by atoms with E-state index in [4.69, 9.17) is 4.74 Å². The average Bonchev–Trinajstić information content (AvgIpc) is 3.10. The molecule has 1 amide bonds. The Bertz CT molecular complexity index is 836. The lowest BCUT2D eigenvalue weighted by Crippen LogP contribution is -2.38. The summed E-state index contributed by atoms with van der Waals surface area (Å²) >= 11 is 0. The van der Waals surface area contributed by atoms with Crippen molar-refractivity contribution in [3.05, 3.63) is 47.8 Å². The maximum absolute atomic E-state index is 11.8. The van der Waals surface area contributed by atoms with E-state index >= 15 is 0 Å². The summed E-state index contributed by atoms with van der Waals surface area (Å²) in [6.07, 6.45) is 5.25. The van der Waals surface area contributed by atoms with Gasteiger partial charge >= 0.3 is 6.09 Å². The number of hydrogen-bond acceptors (Lipinski definition) is 4. The number of aromatic nitrogens is 2. The van der Waals surface area contributed by atoms with E-state index in [1.807, 2.05) is 69.0 Å². The Morgan fingerprint density at radius 3 is 2.55 bits per heavy atom. The van der Waals surface area contributed by atoms with Crippen LogP contribution in [0.5, 0.6) is 0 Å². The number of nitrogens with zero attached hydrogens (tertiary/aromatic N) is 3. The molecule has 1 aromatic carbocycles. The number of amides is 1. The first-order valence-corrected chi connectivity index (χ1v) is 10.9. The minimum absolute atomic E-state index is 0.448. The average molecular weight is 429 g/mol. The Morgan fingerprint density at radius 2 is 1.94 bits per heavy atom. The number of carbonyl (C=O) groups is 1. The lowest BCUT2D eigenvalue weighted by molar-refractivity contribution is 0.0636. The predicted molar refractivity (Wildman–Crippen MR) is 126 cm³/mol. The predicted octanol–water partition coefficient (Wildman–Crippen LogP) is 3.73. The van der Waals surface area contributed by atoms with Crippen LogP contribution in [0.1, 0.15) is 45.2 Å². The SMILES string of the molecule is CCNC(=NCCCn1cc(C)cn1)NCCc1ccc(NC(=O)OC(C)(C)C)cc1. The summed E-state index contributed by atoms with van der Waals surface area (Å²) < 4.78 is 7.22. The van der Waals surface area contributed by atoms with Crippen molar-refractivity contribution in [2.24, 2.45) is 4.99 Å².